The first kappa shape index (κ1) is 31.7. The number of amides is 2. The summed E-state index contributed by atoms with van der Waals surface area (Å²) in [6.07, 6.45) is -2.56. The summed E-state index contributed by atoms with van der Waals surface area (Å²) in [5.41, 5.74) is -1.84. The van der Waals surface area contributed by atoms with E-state index >= 15 is 0 Å². The lowest BCUT2D eigenvalue weighted by Crippen LogP contribution is -2.47. The van der Waals surface area contributed by atoms with Crippen molar-refractivity contribution in [3.63, 3.8) is 0 Å². The van der Waals surface area contributed by atoms with Gasteiger partial charge >= 0.3 is 11.9 Å². The van der Waals surface area contributed by atoms with Gasteiger partial charge in [-0.15, -0.1) is 0 Å². The molecule has 222 valence electrons. The molecule has 41 heavy (non-hydrogen) atoms. The van der Waals surface area contributed by atoms with Crippen LogP contribution in [0.5, 0.6) is 5.75 Å². The third-order valence-corrected chi connectivity index (χ3v) is 6.53. The second kappa shape index (κ2) is 14.2. The lowest BCUT2D eigenvalue weighted by atomic mass is 9.95. The summed E-state index contributed by atoms with van der Waals surface area (Å²) in [7, 11) is 0. The van der Waals surface area contributed by atoms with Crippen molar-refractivity contribution >= 4 is 41.0 Å². The molecule has 14 heteroatoms. The van der Waals surface area contributed by atoms with Crippen LogP contribution < -0.4 is 15.4 Å². The zero-order valence-electron chi connectivity index (χ0n) is 22.2. The number of benzene rings is 2. The van der Waals surface area contributed by atoms with Gasteiger partial charge in [0.25, 0.3) is 5.91 Å². The molecule has 3 rings (SSSR count). The van der Waals surface area contributed by atoms with Gasteiger partial charge < -0.3 is 35.4 Å². The monoisotopic (exact) mass is 595 g/mol. The zero-order valence-corrected chi connectivity index (χ0v) is 22.9. The minimum absolute atomic E-state index is 0.0354. The van der Waals surface area contributed by atoms with Gasteiger partial charge in [-0.25, -0.2) is 9.18 Å². The molecule has 12 nitrogen and oxygen atoms in total. The number of hydrogen-bond acceptors (Lipinski definition) is 8. The molecule has 1 fully saturated rings. The second-order valence-electron chi connectivity index (χ2n) is 9.46. The van der Waals surface area contributed by atoms with Crippen LogP contribution in [0.2, 0.25) is 5.02 Å². The minimum atomic E-state index is -2.83. The Labute approximate surface area is 240 Å². The molecule has 5 N–H and O–H groups in total. The van der Waals surface area contributed by atoms with Gasteiger partial charge in [-0.3, -0.25) is 19.3 Å². The van der Waals surface area contributed by atoms with Gasteiger partial charge in [0.1, 0.15) is 11.6 Å². The van der Waals surface area contributed by atoms with Crippen LogP contribution in [0.1, 0.15) is 35.7 Å². The summed E-state index contributed by atoms with van der Waals surface area (Å²) in [6, 6.07) is 8.78. The fourth-order valence-corrected chi connectivity index (χ4v) is 4.43. The molecule has 2 unspecified atom stereocenters. The molecule has 1 aliphatic rings. The summed E-state index contributed by atoms with van der Waals surface area (Å²) < 4.78 is 24.5. The number of carbonyl (C=O) groups excluding carboxylic acids is 2. The van der Waals surface area contributed by atoms with E-state index < -0.39 is 42.2 Å². The molecule has 0 aromatic heterocycles. The summed E-state index contributed by atoms with van der Waals surface area (Å²) >= 11 is 6.28. The molecule has 1 aliphatic heterocycles. The highest BCUT2D eigenvalue weighted by Gasteiger charge is 2.41. The van der Waals surface area contributed by atoms with Crippen LogP contribution >= 0.6 is 11.6 Å². The van der Waals surface area contributed by atoms with Gasteiger partial charge in [0.2, 0.25) is 5.91 Å². The highest BCUT2D eigenvalue weighted by Crippen LogP contribution is 2.32. The van der Waals surface area contributed by atoms with Crippen molar-refractivity contribution in [2.45, 2.75) is 38.0 Å². The van der Waals surface area contributed by atoms with Crippen molar-refractivity contribution < 1.29 is 48.4 Å². The number of rotatable bonds is 13. The maximum atomic E-state index is 13.2. The van der Waals surface area contributed by atoms with Crippen molar-refractivity contribution in [3.8, 4) is 5.75 Å². The first-order chi connectivity index (χ1) is 19.4. The SMILES string of the molecule is CCOc1cc(NC(=O)CC(O)(CC(=O)O)C(=O)O)c(Cl)cc1C(=O)NCC1CN(Cc2ccc(F)cc2)CCO1. The third kappa shape index (κ3) is 9.11. The molecule has 0 spiro atoms. The number of morpholine rings is 1. The molecule has 0 aliphatic carbocycles. The molecule has 2 aromatic rings. The fourth-order valence-electron chi connectivity index (χ4n) is 4.22. The van der Waals surface area contributed by atoms with Gasteiger partial charge in [-0.05, 0) is 30.7 Å². The average Bonchev–Trinajstić information content (AvgIpc) is 2.90. The normalized spacial score (nSPS) is 16.8. The molecule has 0 saturated carbocycles. The number of halogens is 2. The smallest absolute Gasteiger partial charge is 0.336 e. The van der Waals surface area contributed by atoms with Gasteiger partial charge in [0.15, 0.2) is 5.60 Å². The molecule has 1 saturated heterocycles. The highest BCUT2D eigenvalue weighted by molar-refractivity contribution is 6.34. The number of aliphatic hydroxyl groups is 1. The lowest BCUT2D eigenvalue weighted by molar-refractivity contribution is -0.167. The number of nitrogens with one attached hydrogen (secondary N) is 2. The van der Waals surface area contributed by atoms with E-state index in [9.17, 15) is 33.8 Å². The number of carbonyl (C=O) groups is 4. The Morgan fingerprint density at radius 3 is 2.51 bits per heavy atom. The Morgan fingerprint density at radius 2 is 1.88 bits per heavy atom. The van der Waals surface area contributed by atoms with Crippen LogP contribution in [0.25, 0.3) is 0 Å². The van der Waals surface area contributed by atoms with Gasteiger partial charge in [0, 0.05) is 32.2 Å². The molecule has 1 heterocycles. The topological polar surface area (TPSA) is 175 Å². The summed E-state index contributed by atoms with van der Waals surface area (Å²) in [4.78, 5) is 49.9. The number of nitrogens with zero attached hydrogens (tertiary/aromatic N) is 1. The van der Waals surface area contributed by atoms with Crippen molar-refractivity contribution in [1.29, 1.82) is 0 Å². The van der Waals surface area contributed by atoms with Crippen LogP contribution in [0.15, 0.2) is 36.4 Å². The van der Waals surface area contributed by atoms with Crippen molar-refractivity contribution in [2.24, 2.45) is 0 Å². The number of carboxylic acids is 2. The zero-order chi connectivity index (χ0) is 30.2. The molecular weight excluding hydrogens is 565 g/mol. The minimum Gasteiger partial charge on any atom is -0.493 e. The third-order valence-electron chi connectivity index (χ3n) is 6.22. The molecule has 2 aromatic carbocycles. The first-order valence-electron chi connectivity index (χ1n) is 12.7. The molecule has 0 radical (unpaired) electrons. The molecule has 2 atom stereocenters. The van der Waals surface area contributed by atoms with Gasteiger partial charge in [0.05, 0.1) is 48.4 Å². The Balaban J connectivity index is 1.64. The number of ether oxygens (including phenoxy) is 2. The Morgan fingerprint density at radius 1 is 1.17 bits per heavy atom. The van der Waals surface area contributed by atoms with Crippen molar-refractivity contribution in [3.05, 3.63) is 58.4 Å². The van der Waals surface area contributed by atoms with Crippen LogP contribution in [-0.4, -0.2) is 88.5 Å². The standard InChI is InChI=1S/C27H31ClFN3O9/c1-2-40-22-10-21(31-23(33)11-27(39,26(37)38)12-24(34)35)20(28)9-19(22)25(36)30-13-18-15-32(7-8-41-18)14-16-3-5-17(29)6-4-16/h3-6,9-10,18,39H,2,7-8,11-15H2,1H3,(H,30,36)(H,31,33)(H,34,35)(H,37,38). The summed E-state index contributed by atoms with van der Waals surface area (Å²) in [5, 5.41) is 33.2. The van der Waals surface area contributed by atoms with E-state index in [1.807, 2.05) is 0 Å². The fraction of sp³-hybridized carbons (Fsp3) is 0.407. The van der Waals surface area contributed by atoms with Crippen LogP contribution in [0.3, 0.4) is 0 Å². The number of carboxylic acid groups (broad SMARTS) is 2. The van der Waals surface area contributed by atoms with Crippen molar-refractivity contribution in [1.82, 2.24) is 10.2 Å². The Hall–Kier alpha value is -3.78. The number of aliphatic carboxylic acids is 2. The van der Waals surface area contributed by atoms with E-state index in [0.29, 0.717) is 26.2 Å². The van der Waals surface area contributed by atoms with Crippen LogP contribution in [0.4, 0.5) is 10.1 Å². The van der Waals surface area contributed by atoms with E-state index in [4.69, 9.17) is 26.2 Å². The molecule has 0 bridgehead atoms. The maximum absolute atomic E-state index is 13.2. The first-order valence-corrected chi connectivity index (χ1v) is 13.1. The quantitative estimate of drug-likeness (QED) is 0.231. The maximum Gasteiger partial charge on any atom is 0.336 e. The highest BCUT2D eigenvalue weighted by atomic mass is 35.5. The predicted octanol–water partition coefficient (Wildman–Crippen LogP) is 2.13. The molecule has 2 amide bonds. The van der Waals surface area contributed by atoms with E-state index in [1.165, 1.54) is 24.3 Å². The average molecular weight is 596 g/mol. The van der Waals surface area contributed by atoms with E-state index in [2.05, 4.69) is 15.5 Å². The predicted molar refractivity (Wildman–Crippen MR) is 144 cm³/mol. The van der Waals surface area contributed by atoms with Gasteiger partial charge in [-0.2, -0.15) is 0 Å². The molecular formula is C27H31ClFN3O9. The second-order valence-corrected chi connectivity index (χ2v) is 9.87. The number of anilines is 1. The Kier molecular flexibility index (Phi) is 11.0. The van der Waals surface area contributed by atoms with Crippen LogP contribution in [0, 0.1) is 5.82 Å². The van der Waals surface area contributed by atoms with E-state index in [-0.39, 0.29) is 47.1 Å². The number of hydrogen-bond donors (Lipinski definition) is 5. The summed E-state index contributed by atoms with van der Waals surface area (Å²) in [6.45, 7) is 4.29. The lowest BCUT2D eigenvalue weighted by Gasteiger charge is -2.33. The van der Waals surface area contributed by atoms with Crippen LogP contribution in [-0.2, 0) is 25.7 Å². The Bertz CT molecular complexity index is 1280. The van der Waals surface area contributed by atoms with Gasteiger partial charge in [-0.1, -0.05) is 23.7 Å². The van der Waals surface area contributed by atoms with E-state index in [1.54, 1.807) is 19.1 Å². The largest absolute Gasteiger partial charge is 0.493 e. The van der Waals surface area contributed by atoms with E-state index in [0.717, 1.165) is 5.56 Å². The van der Waals surface area contributed by atoms with Crippen molar-refractivity contribution in [2.75, 3.05) is 38.2 Å². The summed E-state index contributed by atoms with van der Waals surface area (Å²) in [5.74, 6) is -5.24.